The number of carbonyl (C=O) groups is 1. The molecule has 0 bridgehead atoms. The fraction of sp³-hybridized carbons (Fsp3) is 0.286. The van der Waals surface area contributed by atoms with E-state index in [4.69, 9.17) is 5.73 Å². The minimum atomic E-state index is 0.0878. The molecule has 0 radical (unpaired) electrons. The zero-order valence-electron chi connectivity index (χ0n) is 11.0. The van der Waals surface area contributed by atoms with Gasteiger partial charge in [-0.25, -0.2) is 0 Å². The Labute approximate surface area is 111 Å². The lowest BCUT2D eigenvalue weighted by atomic mass is 10.1. The molecule has 5 heteroatoms. The number of nitrogens with zero attached hydrogens (tertiary/aromatic N) is 2. The van der Waals surface area contributed by atoms with Crippen LogP contribution in [-0.2, 0) is 11.2 Å². The average Bonchev–Trinajstić information content (AvgIpc) is 2.90. The quantitative estimate of drug-likeness (QED) is 0.819. The van der Waals surface area contributed by atoms with Gasteiger partial charge in [-0.05, 0) is 31.0 Å². The standard InChI is InChI=1S/C14H16N4O/c1-8-5-11-6-10(12-7-14(15)17-16-12)3-4-13(11)18(8)9(2)19/h3-4,6-8H,5H2,1-2H3,(H3,15,16,17). The summed E-state index contributed by atoms with van der Waals surface area (Å²) in [6, 6.07) is 8.10. The second kappa shape index (κ2) is 4.12. The van der Waals surface area contributed by atoms with Crippen LogP contribution in [0.25, 0.3) is 11.3 Å². The van der Waals surface area contributed by atoms with Crippen LogP contribution in [0.1, 0.15) is 19.4 Å². The molecule has 3 N–H and O–H groups in total. The molecule has 1 aliphatic rings. The fourth-order valence-electron chi connectivity index (χ4n) is 2.76. The Bertz CT molecular complexity index is 647. The van der Waals surface area contributed by atoms with Gasteiger partial charge in [-0.15, -0.1) is 0 Å². The fourth-order valence-corrected chi connectivity index (χ4v) is 2.76. The highest BCUT2D eigenvalue weighted by atomic mass is 16.2. The molecule has 0 fully saturated rings. The molecule has 3 rings (SSSR count). The molecular formula is C14H16N4O. The van der Waals surface area contributed by atoms with Crippen molar-refractivity contribution in [2.24, 2.45) is 0 Å². The lowest BCUT2D eigenvalue weighted by Gasteiger charge is -2.20. The maximum atomic E-state index is 11.7. The molecule has 1 atom stereocenters. The minimum Gasteiger partial charge on any atom is -0.382 e. The summed E-state index contributed by atoms with van der Waals surface area (Å²) in [4.78, 5) is 13.5. The number of hydrogen-bond acceptors (Lipinski definition) is 3. The van der Waals surface area contributed by atoms with Gasteiger partial charge in [-0.1, -0.05) is 6.07 Å². The third-order valence-corrected chi connectivity index (χ3v) is 3.54. The molecule has 1 amide bonds. The average molecular weight is 256 g/mol. The largest absolute Gasteiger partial charge is 0.382 e. The van der Waals surface area contributed by atoms with Gasteiger partial charge in [0.05, 0.1) is 5.69 Å². The van der Waals surface area contributed by atoms with Gasteiger partial charge >= 0.3 is 0 Å². The predicted molar refractivity (Wildman–Crippen MR) is 74.8 cm³/mol. The summed E-state index contributed by atoms with van der Waals surface area (Å²) in [5, 5.41) is 6.84. The van der Waals surface area contributed by atoms with Crippen LogP contribution in [0.5, 0.6) is 0 Å². The molecule has 0 saturated heterocycles. The van der Waals surface area contributed by atoms with E-state index in [0.29, 0.717) is 5.82 Å². The van der Waals surface area contributed by atoms with Crippen LogP contribution >= 0.6 is 0 Å². The van der Waals surface area contributed by atoms with Crippen molar-refractivity contribution in [1.82, 2.24) is 10.2 Å². The van der Waals surface area contributed by atoms with E-state index in [2.05, 4.69) is 23.2 Å². The molecule has 0 saturated carbocycles. The first-order valence-corrected chi connectivity index (χ1v) is 6.30. The van der Waals surface area contributed by atoms with Gasteiger partial charge in [0.2, 0.25) is 5.91 Å². The van der Waals surface area contributed by atoms with Crippen molar-refractivity contribution >= 4 is 17.4 Å². The SMILES string of the molecule is CC(=O)N1c2ccc(-c3cc(N)n[nH]3)cc2CC1C. The summed E-state index contributed by atoms with van der Waals surface area (Å²) in [6.07, 6.45) is 0.881. The third-order valence-electron chi connectivity index (χ3n) is 3.54. The number of aromatic amines is 1. The summed E-state index contributed by atoms with van der Waals surface area (Å²) in [6.45, 7) is 3.67. The molecule has 2 aromatic rings. The number of H-pyrrole nitrogens is 1. The summed E-state index contributed by atoms with van der Waals surface area (Å²) in [5.74, 6) is 0.569. The normalized spacial score (nSPS) is 17.6. The highest BCUT2D eigenvalue weighted by Crippen LogP contribution is 2.35. The van der Waals surface area contributed by atoms with Crippen LogP contribution < -0.4 is 10.6 Å². The summed E-state index contributed by atoms with van der Waals surface area (Å²) < 4.78 is 0. The van der Waals surface area contributed by atoms with Gasteiger partial charge < -0.3 is 10.6 Å². The van der Waals surface area contributed by atoms with Crippen LogP contribution in [0, 0.1) is 0 Å². The van der Waals surface area contributed by atoms with Gasteiger partial charge in [0, 0.05) is 30.3 Å². The Morgan fingerprint density at radius 3 is 2.89 bits per heavy atom. The van der Waals surface area contributed by atoms with Crippen molar-refractivity contribution in [3.8, 4) is 11.3 Å². The van der Waals surface area contributed by atoms with E-state index in [1.165, 1.54) is 5.56 Å². The van der Waals surface area contributed by atoms with E-state index in [0.717, 1.165) is 23.4 Å². The molecule has 5 nitrogen and oxygen atoms in total. The molecule has 1 aliphatic heterocycles. The van der Waals surface area contributed by atoms with Crippen LogP contribution in [0.3, 0.4) is 0 Å². The Morgan fingerprint density at radius 2 is 2.26 bits per heavy atom. The summed E-state index contributed by atoms with van der Waals surface area (Å²) in [7, 11) is 0. The van der Waals surface area contributed by atoms with E-state index in [9.17, 15) is 4.79 Å². The highest BCUT2D eigenvalue weighted by Gasteiger charge is 2.28. The first-order valence-electron chi connectivity index (χ1n) is 6.30. The third kappa shape index (κ3) is 1.87. The number of amides is 1. The molecule has 0 aliphatic carbocycles. The first kappa shape index (κ1) is 11.8. The molecule has 1 unspecified atom stereocenters. The summed E-state index contributed by atoms with van der Waals surface area (Å²) in [5.41, 5.74) is 9.76. The van der Waals surface area contributed by atoms with E-state index in [1.54, 1.807) is 6.92 Å². The molecule has 1 aromatic heterocycles. The second-order valence-corrected chi connectivity index (χ2v) is 4.99. The summed E-state index contributed by atoms with van der Waals surface area (Å²) >= 11 is 0. The maximum Gasteiger partial charge on any atom is 0.224 e. The molecule has 2 heterocycles. The van der Waals surface area contributed by atoms with Crippen LogP contribution in [0.15, 0.2) is 24.3 Å². The second-order valence-electron chi connectivity index (χ2n) is 4.99. The lowest BCUT2D eigenvalue weighted by Crippen LogP contribution is -2.33. The van der Waals surface area contributed by atoms with E-state index < -0.39 is 0 Å². The predicted octanol–water partition coefficient (Wildman–Crippen LogP) is 1.96. The number of hydrogen-bond donors (Lipinski definition) is 2. The molecule has 98 valence electrons. The van der Waals surface area contributed by atoms with Gasteiger partial charge in [0.25, 0.3) is 0 Å². The molecule has 19 heavy (non-hydrogen) atoms. The van der Waals surface area contributed by atoms with Gasteiger partial charge in [0.1, 0.15) is 5.82 Å². The van der Waals surface area contributed by atoms with Crippen LogP contribution in [0.4, 0.5) is 11.5 Å². The number of nitrogens with two attached hydrogens (primary N) is 1. The van der Waals surface area contributed by atoms with Crippen molar-refractivity contribution in [1.29, 1.82) is 0 Å². The van der Waals surface area contributed by atoms with Crippen molar-refractivity contribution in [3.05, 3.63) is 29.8 Å². The lowest BCUT2D eigenvalue weighted by molar-refractivity contribution is -0.116. The van der Waals surface area contributed by atoms with Gasteiger partial charge in [0.15, 0.2) is 0 Å². The van der Waals surface area contributed by atoms with E-state index in [1.807, 2.05) is 23.1 Å². The number of anilines is 2. The number of nitrogens with one attached hydrogen (secondary N) is 1. The van der Waals surface area contributed by atoms with E-state index in [-0.39, 0.29) is 11.9 Å². The number of fused-ring (bicyclic) bond motifs is 1. The van der Waals surface area contributed by atoms with Crippen LogP contribution in [0.2, 0.25) is 0 Å². The topological polar surface area (TPSA) is 75.0 Å². The monoisotopic (exact) mass is 256 g/mol. The molecular weight excluding hydrogens is 240 g/mol. The smallest absolute Gasteiger partial charge is 0.224 e. The van der Waals surface area contributed by atoms with Gasteiger partial charge in [-0.2, -0.15) is 5.10 Å². The van der Waals surface area contributed by atoms with Crippen molar-refractivity contribution in [2.75, 3.05) is 10.6 Å². The highest BCUT2D eigenvalue weighted by molar-refractivity contribution is 5.95. The zero-order chi connectivity index (χ0) is 13.6. The Hall–Kier alpha value is -2.30. The van der Waals surface area contributed by atoms with Gasteiger partial charge in [-0.3, -0.25) is 9.89 Å². The molecule has 0 spiro atoms. The number of benzene rings is 1. The van der Waals surface area contributed by atoms with Crippen molar-refractivity contribution in [3.63, 3.8) is 0 Å². The number of nitrogen functional groups attached to an aromatic ring is 1. The first-order chi connectivity index (χ1) is 9.06. The van der Waals surface area contributed by atoms with Crippen molar-refractivity contribution in [2.45, 2.75) is 26.3 Å². The minimum absolute atomic E-state index is 0.0878. The zero-order valence-corrected chi connectivity index (χ0v) is 11.0. The Morgan fingerprint density at radius 1 is 1.47 bits per heavy atom. The van der Waals surface area contributed by atoms with E-state index >= 15 is 0 Å². The number of aromatic nitrogens is 2. The number of carbonyl (C=O) groups excluding carboxylic acids is 1. The molecule has 1 aromatic carbocycles. The maximum absolute atomic E-state index is 11.7. The Kier molecular flexibility index (Phi) is 2.55. The Balaban J connectivity index is 2.03. The number of rotatable bonds is 1. The van der Waals surface area contributed by atoms with Crippen LogP contribution in [-0.4, -0.2) is 22.1 Å². The van der Waals surface area contributed by atoms with Crippen molar-refractivity contribution < 1.29 is 4.79 Å².